The van der Waals surface area contributed by atoms with Gasteiger partial charge in [-0.15, -0.1) is 0 Å². The summed E-state index contributed by atoms with van der Waals surface area (Å²) in [4.78, 5) is 38.1. The van der Waals surface area contributed by atoms with Gasteiger partial charge in [0.05, 0.1) is 0 Å². The van der Waals surface area contributed by atoms with Crippen LogP contribution < -0.4 is 20.3 Å². The van der Waals surface area contributed by atoms with Crippen molar-refractivity contribution in [2.24, 2.45) is 0 Å². The molecule has 30 heavy (non-hydrogen) atoms. The first kappa shape index (κ1) is 19.9. The van der Waals surface area contributed by atoms with E-state index in [2.05, 4.69) is 10.6 Å². The third kappa shape index (κ3) is 4.79. The molecule has 0 spiro atoms. The van der Waals surface area contributed by atoms with Crippen molar-refractivity contribution in [1.29, 1.82) is 0 Å². The second kappa shape index (κ2) is 8.57. The molecule has 1 aliphatic heterocycles. The number of aryl methyl sites for hydroxylation is 1. The van der Waals surface area contributed by atoms with E-state index >= 15 is 0 Å². The summed E-state index contributed by atoms with van der Waals surface area (Å²) in [5.74, 6) is 0.249. The van der Waals surface area contributed by atoms with E-state index in [0.29, 0.717) is 23.4 Å². The van der Waals surface area contributed by atoms with Gasteiger partial charge in [0.2, 0.25) is 5.91 Å². The Balaban J connectivity index is 1.32. The zero-order valence-electron chi connectivity index (χ0n) is 16.9. The molecule has 2 aromatic rings. The van der Waals surface area contributed by atoms with Crippen molar-refractivity contribution < 1.29 is 19.1 Å². The summed E-state index contributed by atoms with van der Waals surface area (Å²) in [6.07, 6.45) is 3.50. The summed E-state index contributed by atoms with van der Waals surface area (Å²) in [5.41, 5.74) is 2.82. The molecule has 0 radical (unpaired) electrons. The van der Waals surface area contributed by atoms with Gasteiger partial charge in [0.25, 0.3) is 11.8 Å². The normalized spacial score (nSPS) is 15.8. The van der Waals surface area contributed by atoms with E-state index < -0.39 is 0 Å². The van der Waals surface area contributed by atoms with Crippen LogP contribution in [0.4, 0.5) is 11.4 Å². The van der Waals surface area contributed by atoms with Crippen LogP contribution in [-0.2, 0) is 9.59 Å². The minimum Gasteiger partial charge on any atom is -0.484 e. The molecule has 2 N–H and O–H groups in total. The lowest BCUT2D eigenvalue weighted by molar-refractivity contribution is -0.118. The van der Waals surface area contributed by atoms with Gasteiger partial charge >= 0.3 is 0 Å². The van der Waals surface area contributed by atoms with Gasteiger partial charge < -0.3 is 20.3 Å². The van der Waals surface area contributed by atoms with Gasteiger partial charge in [-0.25, -0.2) is 0 Å². The van der Waals surface area contributed by atoms with Gasteiger partial charge in [0.15, 0.2) is 6.61 Å². The lowest BCUT2D eigenvalue weighted by atomic mass is 10.1. The second-order valence-electron chi connectivity index (χ2n) is 7.76. The van der Waals surface area contributed by atoms with E-state index in [4.69, 9.17) is 4.74 Å². The first-order chi connectivity index (χ1) is 14.5. The van der Waals surface area contributed by atoms with Crippen LogP contribution in [0.1, 0.15) is 41.6 Å². The summed E-state index contributed by atoms with van der Waals surface area (Å²) in [6.45, 7) is 2.45. The maximum atomic E-state index is 12.3. The highest BCUT2D eigenvalue weighted by Crippen LogP contribution is 2.24. The topological polar surface area (TPSA) is 87.7 Å². The predicted molar refractivity (Wildman–Crippen MR) is 114 cm³/mol. The fraction of sp³-hybridized carbons (Fsp3) is 0.348. The fourth-order valence-corrected chi connectivity index (χ4v) is 3.37. The number of nitrogens with zero attached hydrogens (tertiary/aromatic N) is 1. The van der Waals surface area contributed by atoms with Crippen LogP contribution in [0.2, 0.25) is 0 Å². The molecule has 1 aliphatic carbocycles. The summed E-state index contributed by atoms with van der Waals surface area (Å²) < 4.78 is 5.57. The summed E-state index contributed by atoms with van der Waals surface area (Å²) in [6, 6.07) is 12.7. The number of hydrogen-bond acceptors (Lipinski definition) is 4. The van der Waals surface area contributed by atoms with E-state index in [1.54, 1.807) is 29.2 Å². The molecular formula is C23H25N3O4. The molecule has 1 saturated heterocycles. The molecule has 3 amide bonds. The van der Waals surface area contributed by atoms with Crippen molar-refractivity contribution in [2.75, 3.05) is 23.4 Å². The van der Waals surface area contributed by atoms with E-state index in [1.165, 1.54) is 0 Å². The number of ether oxygens (including phenoxy) is 1. The summed E-state index contributed by atoms with van der Waals surface area (Å²) in [5, 5.41) is 5.75. The SMILES string of the molecule is Cc1ccc(C(=O)NC2CC2)cc1NC(=O)COc1ccc(N2CCCC2=O)cc1. The average Bonchev–Trinajstić information content (AvgIpc) is 3.45. The Labute approximate surface area is 175 Å². The molecule has 7 heteroatoms. The third-order valence-corrected chi connectivity index (χ3v) is 5.28. The molecule has 2 fully saturated rings. The molecule has 0 unspecified atom stereocenters. The van der Waals surface area contributed by atoms with E-state index in [9.17, 15) is 14.4 Å². The maximum absolute atomic E-state index is 12.3. The van der Waals surface area contributed by atoms with E-state index in [-0.39, 0.29) is 30.4 Å². The van der Waals surface area contributed by atoms with Crippen molar-refractivity contribution >= 4 is 29.1 Å². The highest BCUT2D eigenvalue weighted by atomic mass is 16.5. The van der Waals surface area contributed by atoms with Gasteiger partial charge in [0.1, 0.15) is 5.75 Å². The van der Waals surface area contributed by atoms with Crippen LogP contribution in [0, 0.1) is 6.92 Å². The number of benzene rings is 2. The number of carbonyl (C=O) groups is 3. The Hall–Kier alpha value is -3.35. The summed E-state index contributed by atoms with van der Waals surface area (Å²) in [7, 11) is 0. The predicted octanol–water partition coefficient (Wildman–Crippen LogP) is 3.03. The molecule has 1 saturated carbocycles. The number of hydrogen-bond donors (Lipinski definition) is 2. The van der Waals surface area contributed by atoms with Gasteiger partial charge in [-0.3, -0.25) is 14.4 Å². The molecular weight excluding hydrogens is 382 g/mol. The van der Waals surface area contributed by atoms with Gasteiger partial charge in [-0.1, -0.05) is 6.07 Å². The fourth-order valence-electron chi connectivity index (χ4n) is 3.37. The Morgan fingerprint density at radius 3 is 2.57 bits per heavy atom. The Morgan fingerprint density at radius 1 is 1.13 bits per heavy atom. The number of amides is 3. The summed E-state index contributed by atoms with van der Waals surface area (Å²) >= 11 is 0. The monoisotopic (exact) mass is 407 g/mol. The zero-order valence-corrected chi connectivity index (χ0v) is 16.9. The largest absolute Gasteiger partial charge is 0.484 e. The van der Waals surface area contributed by atoms with Crippen molar-refractivity contribution in [3.63, 3.8) is 0 Å². The van der Waals surface area contributed by atoms with Crippen molar-refractivity contribution in [3.8, 4) is 5.75 Å². The van der Waals surface area contributed by atoms with E-state index in [0.717, 1.165) is 37.1 Å². The first-order valence-electron chi connectivity index (χ1n) is 10.2. The molecule has 7 nitrogen and oxygen atoms in total. The average molecular weight is 407 g/mol. The van der Waals surface area contributed by atoms with Crippen LogP contribution >= 0.6 is 0 Å². The lowest BCUT2D eigenvalue weighted by Crippen LogP contribution is -2.26. The van der Waals surface area contributed by atoms with E-state index in [1.807, 2.05) is 25.1 Å². The molecule has 0 bridgehead atoms. The van der Waals surface area contributed by atoms with Crippen molar-refractivity contribution in [3.05, 3.63) is 53.6 Å². The molecule has 2 aliphatic rings. The number of rotatable bonds is 7. The second-order valence-corrected chi connectivity index (χ2v) is 7.76. The van der Waals surface area contributed by atoms with Crippen molar-refractivity contribution in [2.45, 2.75) is 38.6 Å². The maximum Gasteiger partial charge on any atom is 0.262 e. The third-order valence-electron chi connectivity index (χ3n) is 5.28. The standard InChI is InChI=1S/C23H25N3O4/c1-15-4-5-16(23(29)24-17-6-7-17)13-20(15)25-21(27)14-30-19-10-8-18(9-11-19)26-12-2-3-22(26)28/h4-5,8-11,13,17H,2-3,6-7,12,14H2,1H3,(H,24,29)(H,25,27). The van der Waals surface area contributed by atoms with Gasteiger partial charge in [-0.05, 0) is 68.1 Å². The Morgan fingerprint density at radius 2 is 1.90 bits per heavy atom. The van der Waals surface area contributed by atoms with Gasteiger partial charge in [0, 0.05) is 35.9 Å². The van der Waals surface area contributed by atoms with Gasteiger partial charge in [-0.2, -0.15) is 0 Å². The Kier molecular flexibility index (Phi) is 5.70. The van der Waals surface area contributed by atoms with Crippen LogP contribution in [0.15, 0.2) is 42.5 Å². The molecule has 4 rings (SSSR count). The number of carbonyl (C=O) groups excluding carboxylic acids is 3. The minimum absolute atomic E-state index is 0.124. The lowest BCUT2D eigenvalue weighted by Gasteiger charge is -2.16. The van der Waals surface area contributed by atoms with Crippen LogP contribution in [0.3, 0.4) is 0 Å². The minimum atomic E-state index is -0.309. The smallest absolute Gasteiger partial charge is 0.262 e. The highest BCUT2D eigenvalue weighted by Gasteiger charge is 2.24. The molecule has 0 atom stereocenters. The molecule has 1 heterocycles. The van der Waals surface area contributed by atoms with Crippen LogP contribution in [0.5, 0.6) is 5.75 Å². The Bertz CT molecular complexity index is 967. The molecule has 0 aromatic heterocycles. The highest BCUT2D eigenvalue weighted by molar-refractivity contribution is 5.98. The van der Waals surface area contributed by atoms with Crippen molar-refractivity contribution in [1.82, 2.24) is 5.32 Å². The molecule has 156 valence electrons. The first-order valence-corrected chi connectivity index (χ1v) is 10.2. The zero-order chi connectivity index (χ0) is 21.1. The van der Waals surface area contributed by atoms with Crippen LogP contribution in [0.25, 0.3) is 0 Å². The van der Waals surface area contributed by atoms with Crippen LogP contribution in [-0.4, -0.2) is 36.9 Å². The molecule has 2 aromatic carbocycles. The number of nitrogens with one attached hydrogen (secondary N) is 2. The quantitative estimate of drug-likeness (QED) is 0.739. The number of anilines is 2.